The number of piperidine rings is 1. The third-order valence-electron chi connectivity index (χ3n) is 7.96. The molecule has 0 unspecified atom stereocenters. The molecule has 1 N–H and O–H groups in total. The van der Waals surface area contributed by atoms with Gasteiger partial charge in [-0.3, -0.25) is 4.79 Å². The van der Waals surface area contributed by atoms with Crippen molar-refractivity contribution in [2.24, 2.45) is 0 Å². The van der Waals surface area contributed by atoms with Gasteiger partial charge in [0.05, 0.1) is 25.2 Å². The van der Waals surface area contributed by atoms with Gasteiger partial charge in [0.25, 0.3) is 5.91 Å². The van der Waals surface area contributed by atoms with Gasteiger partial charge < -0.3 is 24.4 Å². The topological polar surface area (TPSA) is 77.1 Å². The minimum Gasteiger partial charge on any atom is -0.493 e. The van der Waals surface area contributed by atoms with Gasteiger partial charge in [-0.1, -0.05) is 6.07 Å². The minimum atomic E-state index is -2.38. The van der Waals surface area contributed by atoms with Crippen molar-refractivity contribution in [3.05, 3.63) is 70.1 Å². The fraction of sp³-hybridized carbons (Fsp3) is 0.385. The average molecular weight is 538 g/mol. The smallest absolute Gasteiger partial charge is 0.330 e. The van der Waals surface area contributed by atoms with Crippen LogP contribution in [0.15, 0.2) is 24.3 Å². The Bertz CT molecular complexity index is 1370. The lowest BCUT2D eigenvalue weighted by molar-refractivity contribution is -0.134. The van der Waals surface area contributed by atoms with Gasteiger partial charge in [-0.25, -0.2) is 26.7 Å². The number of nitrogens with zero attached hydrogens (tertiary/aromatic N) is 1. The van der Waals surface area contributed by atoms with Crippen LogP contribution in [-0.4, -0.2) is 62.8 Å². The molecule has 1 amide bonds. The fourth-order valence-electron chi connectivity index (χ4n) is 6.15. The molecular weight excluding hydrogens is 515 g/mol. The summed E-state index contributed by atoms with van der Waals surface area (Å²) in [6, 6.07) is 3.00. The lowest BCUT2D eigenvalue weighted by Crippen LogP contribution is -2.76. The van der Waals surface area contributed by atoms with Crippen molar-refractivity contribution in [1.82, 2.24) is 10.2 Å². The minimum absolute atomic E-state index is 0.0110. The Labute approximate surface area is 214 Å². The molecule has 2 bridgehead atoms. The van der Waals surface area contributed by atoms with E-state index >= 15 is 0 Å². The number of methoxy groups -OCH3 is 2. The number of ether oxygens (including phenoxy) is 3. The van der Waals surface area contributed by atoms with Crippen LogP contribution in [0.2, 0.25) is 0 Å². The van der Waals surface area contributed by atoms with Gasteiger partial charge in [0.2, 0.25) is 5.82 Å². The Morgan fingerprint density at radius 2 is 1.74 bits per heavy atom. The SMILES string of the molecule is COC(=O)/C=C\[C@@]1(NC(=O)c2c(F)c(F)c(F)c(F)c2F)[C@H]2Cc3ccc(OC)c4c3[C@@]1(CCN2C)CO4. The average Bonchev–Trinajstić information content (AvgIpc) is 3.30. The molecule has 2 heterocycles. The first-order valence-corrected chi connectivity index (χ1v) is 11.7. The van der Waals surface area contributed by atoms with E-state index < -0.39 is 63.5 Å². The second kappa shape index (κ2) is 8.97. The van der Waals surface area contributed by atoms with Crippen LogP contribution >= 0.6 is 0 Å². The number of amides is 1. The summed E-state index contributed by atoms with van der Waals surface area (Å²) in [7, 11) is 4.38. The first-order chi connectivity index (χ1) is 18.0. The maximum absolute atomic E-state index is 14.7. The Hall–Kier alpha value is -3.67. The number of hydrogen-bond acceptors (Lipinski definition) is 6. The summed E-state index contributed by atoms with van der Waals surface area (Å²) in [6.45, 7) is 0.513. The number of nitrogens with one attached hydrogen (secondary N) is 1. The molecule has 0 radical (unpaired) electrons. The molecule has 12 heteroatoms. The molecule has 3 aliphatic rings. The number of halogens is 5. The highest BCUT2D eigenvalue weighted by Crippen LogP contribution is 2.59. The molecule has 1 saturated heterocycles. The number of carbonyl (C=O) groups is 2. The van der Waals surface area contributed by atoms with Crippen LogP contribution < -0.4 is 14.8 Å². The lowest BCUT2D eigenvalue weighted by Gasteiger charge is -2.60. The Balaban J connectivity index is 1.75. The van der Waals surface area contributed by atoms with Crippen LogP contribution in [0.1, 0.15) is 27.9 Å². The third kappa shape index (κ3) is 3.35. The second-order valence-corrected chi connectivity index (χ2v) is 9.58. The summed E-state index contributed by atoms with van der Waals surface area (Å²) in [5, 5.41) is 2.59. The summed E-state index contributed by atoms with van der Waals surface area (Å²) >= 11 is 0. The summed E-state index contributed by atoms with van der Waals surface area (Å²) in [4.78, 5) is 27.5. The van der Waals surface area contributed by atoms with E-state index in [1.54, 1.807) is 13.1 Å². The van der Waals surface area contributed by atoms with E-state index in [4.69, 9.17) is 14.2 Å². The monoisotopic (exact) mass is 538 g/mol. The van der Waals surface area contributed by atoms with Gasteiger partial charge in [0.1, 0.15) is 12.2 Å². The maximum atomic E-state index is 14.7. The van der Waals surface area contributed by atoms with E-state index in [1.165, 1.54) is 13.2 Å². The van der Waals surface area contributed by atoms with E-state index in [0.29, 0.717) is 36.4 Å². The molecule has 2 aromatic carbocycles. The zero-order valence-corrected chi connectivity index (χ0v) is 20.6. The molecule has 0 saturated carbocycles. The van der Waals surface area contributed by atoms with Crippen molar-refractivity contribution in [3.8, 4) is 11.5 Å². The summed E-state index contributed by atoms with van der Waals surface area (Å²) in [5.74, 6) is -12.8. The summed E-state index contributed by atoms with van der Waals surface area (Å²) < 4.78 is 87.3. The van der Waals surface area contributed by atoms with Gasteiger partial charge in [0, 0.05) is 17.7 Å². The van der Waals surface area contributed by atoms with Crippen LogP contribution in [0.25, 0.3) is 0 Å². The van der Waals surface area contributed by atoms with Gasteiger partial charge >= 0.3 is 5.97 Å². The van der Waals surface area contributed by atoms with Crippen molar-refractivity contribution < 1.29 is 45.8 Å². The Morgan fingerprint density at radius 1 is 1.08 bits per heavy atom. The molecule has 5 rings (SSSR count). The second-order valence-electron chi connectivity index (χ2n) is 9.58. The van der Waals surface area contributed by atoms with E-state index in [9.17, 15) is 31.5 Å². The highest BCUT2D eigenvalue weighted by molar-refractivity contribution is 5.96. The highest BCUT2D eigenvalue weighted by atomic mass is 19.2. The van der Waals surface area contributed by atoms with Gasteiger partial charge in [0.15, 0.2) is 34.8 Å². The maximum Gasteiger partial charge on any atom is 0.330 e. The quantitative estimate of drug-likeness (QED) is 0.207. The van der Waals surface area contributed by atoms with Crippen molar-refractivity contribution in [2.45, 2.75) is 29.8 Å². The molecule has 2 aliphatic heterocycles. The first-order valence-electron chi connectivity index (χ1n) is 11.7. The molecule has 1 aliphatic carbocycles. The molecule has 0 aromatic heterocycles. The van der Waals surface area contributed by atoms with Gasteiger partial charge in [-0.15, -0.1) is 0 Å². The zero-order chi connectivity index (χ0) is 27.6. The van der Waals surface area contributed by atoms with Crippen LogP contribution in [0.4, 0.5) is 22.0 Å². The molecule has 38 heavy (non-hydrogen) atoms. The van der Waals surface area contributed by atoms with E-state index in [2.05, 4.69) is 5.32 Å². The number of hydrogen-bond donors (Lipinski definition) is 1. The van der Waals surface area contributed by atoms with Crippen molar-refractivity contribution in [3.63, 3.8) is 0 Å². The fourth-order valence-corrected chi connectivity index (χ4v) is 6.15. The molecule has 3 atom stereocenters. The number of likely N-dealkylation sites (tertiary alicyclic amines) is 1. The predicted molar refractivity (Wildman–Crippen MR) is 122 cm³/mol. The first kappa shape index (κ1) is 26.0. The predicted octanol–water partition coefficient (Wildman–Crippen LogP) is 3.18. The molecule has 2 aromatic rings. The number of carbonyl (C=O) groups excluding carboxylic acids is 2. The zero-order valence-electron chi connectivity index (χ0n) is 20.6. The number of likely N-dealkylation sites (N-methyl/N-ethyl adjacent to an activating group) is 1. The lowest BCUT2D eigenvalue weighted by atomic mass is 9.53. The number of rotatable bonds is 5. The van der Waals surface area contributed by atoms with Crippen LogP contribution in [-0.2, 0) is 21.4 Å². The summed E-state index contributed by atoms with van der Waals surface area (Å²) in [6.07, 6.45) is 3.09. The molecule has 202 valence electrons. The van der Waals surface area contributed by atoms with Gasteiger partial charge in [-0.2, -0.15) is 0 Å². The van der Waals surface area contributed by atoms with Crippen molar-refractivity contribution in [1.29, 1.82) is 0 Å². The highest BCUT2D eigenvalue weighted by Gasteiger charge is 2.66. The summed E-state index contributed by atoms with van der Waals surface area (Å²) in [5.41, 5.74) is -2.72. The van der Waals surface area contributed by atoms with Crippen LogP contribution in [0, 0.1) is 29.1 Å². The van der Waals surface area contributed by atoms with Crippen LogP contribution in [0.5, 0.6) is 11.5 Å². The number of esters is 1. The third-order valence-corrected chi connectivity index (χ3v) is 7.96. The molecular formula is C26H23F5N2O5. The Morgan fingerprint density at radius 3 is 2.37 bits per heavy atom. The van der Waals surface area contributed by atoms with E-state index in [0.717, 1.165) is 18.7 Å². The largest absolute Gasteiger partial charge is 0.493 e. The van der Waals surface area contributed by atoms with E-state index in [-0.39, 0.29) is 6.61 Å². The van der Waals surface area contributed by atoms with Gasteiger partial charge in [-0.05, 0) is 44.1 Å². The van der Waals surface area contributed by atoms with E-state index in [1.807, 2.05) is 11.0 Å². The molecule has 7 nitrogen and oxygen atoms in total. The van der Waals surface area contributed by atoms with Crippen molar-refractivity contribution in [2.75, 3.05) is 34.4 Å². The number of benzene rings is 2. The number of fused-ring (bicyclic) bond motifs is 1. The standard InChI is InChI=1S/C26H23F5N2O5/c1-33-9-8-25-11-38-23-13(36-2)5-4-12(17(23)25)10-14(33)26(25,7-6-15(34)37-3)32-24(35)16-18(27)20(29)22(31)21(30)19(16)28/h4-7,14H,8-11H2,1-3H3,(H,32,35)/b7-6-/t14-,25-,26-/m1/s1. The Kier molecular flexibility index (Phi) is 6.13. The normalized spacial score (nSPS) is 25.6. The van der Waals surface area contributed by atoms with Crippen LogP contribution in [0.3, 0.4) is 0 Å². The molecule has 1 fully saturated rings. The molecule has 1 spiro atoms. The van der Waals surface area contributed by atoms with Crippen molar-refractivity contribution >= 4 is 11.9 Å².